The average molecular weight is 487 g/mol. The predicted molar refractivity (Wildman–Crippen MR) is 119 cm³/mol. The number of rotatable bonds is 5. The normalized spacial score (nSPS) is 22.2. The molecule has 6 rings (SSSR count). The van der Waals surface area contributed by atoms with Crippen LogP contribution in [0.5, 0.6) is 5.88 Å². The molecule has 2 aliphatic carbocycles. The number of alkyl halides is 3. The van der Waals surface area contributed by atoms with Gasteiger partial charge in [-0.05, 0) is 61.8 Å². The van der Waals surface area contributed by atoms with E-state index in [-0.39, 0.29) is 28.1 Å². The molecule has 3 aromatic rings. The maximum absolute atomic E-state index is 12.9. The van der Waals surface area contributed by atoms with Crippen LogP contribution in [0.4, 0.5) is 13.2 Å². The van der Waals surface area contributed by atoms with Gasteiger partial charge in [-0.1, -0.05) is 17.8 Å². The molecule has 3 aliphatic rings. The predicted octanol–water partition coefficient (Wildman–Crippen LogP) is 3.58. The fourth-order valence-electron chi connectivity index (χ4n) is 4.84. The zero-order chi connectivity index (χ0) is 24.4. The molecule has 11 heteroatoms. The van der Waals surface area contributed by atoms with Crippen LogP contribution in [-0.4, -0.2) is 51.3 Å². The highest BCUT2D eigenvalue weighted by atomic mass is 19.4. The first-order valence-corrected chi connectivity index (χ1v) is 11.7. The van der Waals surface area contributed by atoms with Crippen LogP contribution in [0, 0.1) is 5.41 Å². The average Bonchev–Trinajstić information content (AvgIpc) is 3.74. The van der Waals surface area contributed by atoms with Crippen LogP contribution in [0.2, 0.25) is 0 Å². The molecule has 1 aliphatic heterocycles. The molecule has 0 bridgehead atoms. The minimum absolute atomic E-state index is 0.0133. The molecule has 3 heterocycles. The highest BCUT2D eigenvalue weighted by Crippen LogP contribution is 2.53. The Morgan fingerprint density at radius 2 is 1.97 bits per heavy atom. The maximum atomic E-state index is 12.9. The quantitative estimate of drug-likeness (QED) is 0.588. The second-order valence-corrected chi connectivity index (χ2v) is 10.1. The van der Waals surface area contributed by atoms with Crippen molar-refractivity contribution in [2.75, 3.05) is 13.1 Å². The van der Waals surface area contributed by atoms with E-state index in [1.165, 1.54) is 12.4 Å². The van der Waals surface area contributed by atoms with Gasteiger partial charge in [0.1, 0.15) is 23.0 Å². The lowest BCUT2D eigenvalue weighted by atomic mass is 9.92. The summed E-state index contributed by atoms with van der Waals surface area (Å²) in [5.41, 5.74) is 2.05. The number of nitrogens with one attached hydrogen (secondary N) is 1. The summed E-state index contributed by atoms with van der Waals surface area (Å²) in [7, 11) is 0. The molecule has 2 aromatic heterocycles. The van der Waals surface area contributed by atoms with Crippen LogP contribution in [0.1, 0.15) is 44.6 Å². The van der Waals surface area contributed by atoms with Crippen molar-refractivity contribution < 1.29 is 27.5 Å². The molecule has 184 valence electrons. The van der Waals surface area contributed by atoms with E-state index in [1.807, 2.05) is 12.1 Å². The Bertz CT molecular complexity index is 1310. The summed E-state index contributed by atoms with van der Waals surface area (Å²) >= 11 is 0. The van der Waals surface area contributed by atoms with Crippen molar-refractivity contribution in [2.45, 2.75) is 56.7 Å². The molecule has 1 aromatic carbocycles. The third kappa shape index (κ3) is 4.01. The van der Waals surface area contributed by atoms with Crippen molar-refractivity contribution in [3.8, 4) is 17.3 Å². The van der Waals surface area contributed by atoms with Gasteiger partial charge in [-0.25, -0.2) is 9.78 Å². The summed E-state index contributed by atoms with van der Waals surface area (Å²) in [6, 6.07) is 5.32. The van der Waals surface area contributed by atoms with Crippen molar-refractivity contribution in [1.82, 2.24) is 25.2 Å². The molecule has 1 saturated heterocycles. The number of fused-ring (bicyclic) bond motifs is 1. The van der Waals surface area contributed by atoms with Crippen LogP contribution in [0.25, 0.3) is 22.3 Å². The molecule has 1 N–H and O–H groups in total. The molecular weight excluding hydrogens is 463 g/mol. The number of hydrogen-bond donors (Lipinski definition) is 1. The number of benzene rings is 1. The zero-order valence-corrected chi connectivity index (χ0v) is 19.1. The first-order valence-electron chi connectivity index (χ1n) is 11.7. The monoisotopic (exact) mass is 487 g/mol. The molecule has 8 nitrogen and oxygen atoms in total. The Kier molecular flexibility index (Phi) is 4.86. The number of nitrogens with zero attached hydrogens (tertiary/aromatic N) is 4. The van der Waals surface area contributed by atoms with Gasteiger partial charge in [0.15, 0.2) is 0 Å². The van der Waals surface area contributed by atoms with Crippen LogP contribution < -0.4 is 14.9 Å². The summed E-state index contributed by atoms with van der Waals surface area (Å²) in [6.07, 6.45) is 3.14. The summed E-state index contributed by atoms with van der Waals surface area (Å²) < 4.78 is 44.8. The topological polar surface area (TPSA) is 91.2 Å². The second-order valence-electron chi connectivity index (χ2n) is 10.1. The molecule has 0 unspecified atom stereocenters. The molecule has 1 atom stereocenters. The van der Waals surface area contributed by atoms with Crippen LogP contribution in [0.3, 0.4) is 0 Å². The van der Waals surface area contributed by atoms with Crippen molar-refractivity contribution in [3.05, 3.63) is 36.2 Å². The number of hydrogen-bond acceptors (Lipinski definition) is 7. The molecule has 3 fully saturated rings. The molecule has 0 amide bonds. The third-order valence-electron chi connectivity index (χ3n) is 7.57. The lowest BCUT2D eigenvalue weighted by Gasteiger charge is -2.32. The van der Waals surface area contributed by atoms with Gasteiger partial charge < -0.3 is 14.9 Å². The Balaban J connectivity index is 1.38. The largest absolute Gasteiger partial charge is 0.493 e. The van der Waals surface area contributed by atoms with E-state index >= 15 is 0 Å². The fraction of sp³-hybridized carbons (Fsp3) is 0.500. The third-order valence-corrected chi connectivity index (χ3v) is 7.57. The van der Waals surface area contributed by atoms with Gasteiger partial charge in [-0.15, -0.1) is 5.10 Å². The SMILES string of the molecule is CC1(c2ccc3c(c2)c(-c2cncc(O[C@H]4CNCCC45CC5)n2)nn3OC(=O)C(F)(F)F)CC1. The van der Waals surface area contributed by atoms with E-state index < -0.39 is 12.1 Å². The highest BCUT2D eigenvalue weighted by molar-refractivity contribution is 5.93. The minimum Gasteiger partial charge on any atom is -0.471 e. The van der Waals surface area contributed by atoms with Crippen LogP contribution >= 0.6 is 0 Å². The number of halogens is 3. The number of aromatic nitrogens is 4. The summed E-state index contributed by atoms with van der Waals surface area (Å²) in [4.78, 5) is 25.6. The van der Waals surface area contributed by atoms with Crippen molar-refractivity contribution in [2.24, 2.45) is 5.41 Å². The fourth-order valence-corrected chi connectivity index (χ4v) is 4.84. The molecule has 2 saturated carbocycles. The van der Waals surface area contributed by atoms with E-state index in [9.17, 15) is 18.0 Å². The van der Waals surface area contributed by atoms with Crippen LogP contribution in [-0.2, 0) is 10.2 Å². The summed E-state index contributed by atoms with van der Waals surface area (Å²) in [5.74, 6) is -2.03. The number of carbonyl (C=O) groups excluding carboxylic acids is 1. The molecule has 35 heavy (non-hydrogen) atoms. The van der Waals surface area contributed by atoms with Crippen molar-refractivity contribution in [1.29, 1.82) is 0 Å². The van der Waals surface area contributed by atoms with Gasteiger partial charge >= 0.3 is 12.1 Å². The van der Waals surface area contributed by atoms with E-state index in [0.717, 1.165) is 50.8 Å². The van der Waals surface area contributed by atoms with E-state index in [4.69, 9.17) is 4.74 Å². The Morgan fingerprint density at radius 3 is 2.69 bits per heavy atom. The Hall–Kier alpha value is -3.21. The summed E-state index contributed by atoms with van der Waals surface area (Å²) in [6.45, 7) is 3.81. The first-order chi connectivity index (χ1) is 16.7. The highest BCUT2D eigenvalue weighted by Gasteiger charge is 2.52. The van der Waals surface area contributed by atoms with Gasteiger partial charge in [0.25, 0.3) is 0 Å². The first kappa shape index (κ1) is 22.3. The smallest absolute Gasteiger partial charge is 0.471 e. The van der Waals surface area contributed by atoms with Gasteiger partial charge in [-0.2, -0.15) is 13.2 Å². The zero-order valence-electron chi connectivity index (χ0n) is 19.1. The van der Waals surface area contributed by atoms with Gasteiger partial charge in [-0.3, -0.25) is 4.98 Å². The van der Waals surface area contributed by atoms with Crippen molar-refractivity contribution >= 4 is 16.9 Å². The summed E-state index contributed by atoms with van der Waals surface area (Å²) in [5, 5.41) is 8.06. The molecule has 0 radical (unpaired) electrons. The van der Waals surface area contributed by atoms with Gasteiger partial charge in [0, 0.05) is 17.3 Å². The van der Waals surface area contributed by atoms with E-state index in [0.29, 0.717) is 21.8 Å². The van der Waals surface area contributed by atoms with Gasteiger partial charge in [0.2, 0.25) is 5.88 Å². The van der Waals surface area contributed by atoms with E-state index in [2.05, 4.69) is 32.1 Å². The molecular formula is C24H24F3N5O3. The Labute approximate surface area is 198 Å². The lowest BCUT2D eigenvalue weighted by Crippen LogP contribution is -2.45. The number of ether oxygens (including phenoxy) is 1. The maximum Gasteiger partial charge on any atom is 0.493 e. The second kappa shape index (κ2) is 7.64. The van der Waals surface area contributed by atoms with Crippen molar-refractivity contribution in [3.63, 3.8) is 0 Å². The van der Waals surface area contributed by atoms with Crippen LogP contribution in [0.15, 0.2) is 30.6 Å². The standard InChI is InChI=1S/C24H24F3N5O3/c1-22(4-5-22)14-2-3-17-15(10-14)20(31-32(17)35-21(33)24(25,26)27)16-11-29-13-19(30-16)34-18-12-28-9-8-23(18)6-7-23/h2-3,10-11,13,18,28H,4-9,12H2,1H3/t18-/m0/s1. The lowest BCUT2D eigenvalue weighted by molar-refractivity contribution is -0.200. The Morgan fingerprint density at radius 1 is 1.17 bits per heavy atom. The molecule has 1 spiro atoms. The van der Waals surface area contributed by atoms with Gasteiger partial charge in [0.05, 0.1) is 12.4 Å². The minimum atomic E-state index is -5.15. The number of piperidine rings is 1. The number of carbonyl (C=O) groups is 1. The van der Waals surface area contributed by atoms with E-state index in [1.54, 1.807) is 6.07 Å².